The Kier molecular flexibility index (Phi) is 4.85. The first-order chi connectivity index (χ1) is 7.52. The Labute approximate surface area is 99.6 Å². The van der Waals surface area contributed by atoms with Crippen LogP contribution in [-0.2, 0) is 6.54 Å². The number of nitrogens with zero attached hydrogens (tertiary/aromatic N) is 2. The van der Waals surface area contributed by atoms with E-state index in [1.807, 2.05) is 12.4 Å². The van der Waals surface area contributed by atoms with Crippen molar-refractivity contribution in [1.82, 2.24) is 15.3 Å². The molecule has 0 bridgehead atoms. The zero-order chi connectivity index (χ0) is 12.1. The van der Waals surface area contributed by atoms with Crippen LogP contribution in [0.15, 0.2) is 5.38 Å². The third kappa shape index (κ3) is 3.88. The molecule has 1 aromatic heterocycles. The van der Waals surface area contributed by atoms with Crippen molar-refractivity contribution < 1.29 is 4.79 Å². The van der Waals surface area contributed by atoms with Crippen molar-refractivity contribution in [2.75, 3.05) is 13.6 Å². The molecule has 1 aromatic rings. The number of nitrogen functional groups attached to an aromatic ring is 1. The number of hydrogen-bond donors (Lipinski definition) is 2. The smallest absolute Gasteiger partial charge is 0.294 e. The lowest BCUT2D eigenvalue weighted by Gasteiger charge is -2.17. The van der Waals surface area contributed by atoms with Gasteiger partial charge in [-0.15, -0.1) is 11.3 Å². The molecule has 0 atom stereocenters. The van der Waals surface area contributed by atoms with Crippen LogP contribution in [0.3, 0.4) is 0 Å². The molecule has 16 heavy (non-hydrogen) atoms. The van der Waals surface area contributed by atoms with Gasteiger partial charge in [0.15, 0.2) is 5.01 Å². The third-order valence-corrected chi connectivity index (χ3v) is 2.88. The molecule has 0 aliphatic rings. The van der Waals surface area contributed by atoms with E-state index in [4.69, 9.17) is 5.84 Å². The van der Waals surface area contributed by atoms with Gasteiger partial charge in [0.2, 0.25) is 0 Å². The van der Waals surface area contributed by atoms with E-state index in [0.29, 0.717) is 10.9 Å². The van der Waals surface area contributed by atoms with Gasteiger partial charge in [-0.05, 0) is 13.0 Å². The van der Waals surface area contributed by atoms with E-state index in [2.05, 4.69) is 29.2 Å². The summed E-state index contributed by atoms with van der Waals surface area (Å²) in [5.41, 5.74) is 2.98. The summed E-state index contributed by atoms with van der Waals surface area (Å²) >= 11 is 1.31. The van der Waals surface area contributed by atoms with Gasteiger partial charge in [-0.2, -0.15) is 0 Å². The SMILES string of the molecule is CC(C)CN(C)Cc1csc(C(=O)NN)n1. The van der Waals surface area contributed by atoms with Crippen molar-refractivity contribution in [3.63, 3.8) is 0 Å². The minimum atomic E-state index is -0.331. The first-order valence-electron chi connectivity index (χ1n) is 5.16. The van der Waals surface area contributed by atoms with E-state index < -0.39 is 0 Å². The fourth-order valence-corrected chi connectivity index (χ4v) is 2.22. The average molecular weight is 242 g/mol. The lowest BCUT2D eigenvalue weighted by Crippen LogP contribution is -2.30. The summed E-state index contributed by atoms with van der Waals surface area (Å²) in [7, 11) is 2.04. The molecule has 0 fully saturated rings. The predicted octanol–water partition coefficient (Wildman–Crippen LogP) is 0.834. The summed E-state index contributed by atoms with van der Waals surface area (Å²) in [6, 6.07) is 0. The van der Waals surface area contributed by atoms with E-state index >= 15 is 0 Å². The first kappa shape index (κ1) is 13.1. The Hall–Kier alpha value is -0.980. The maximum atomic E-state index is 11.2. The number of carbonyl (C=O) groups is 1. The fraction of sp³-hybridized carbons (Fsp3) is 0.600. The van der Waals surface area contributed by atoms with Crippen LogP contribution in [-0.4, -0.2) is 29.4 Å². The molecular weight excluding hydrogens is 224 g/mol. The molecule has 1 heterocycles. The highest BCUT2D eigenvalue weighted by Gasteiger charge is 2.11. The summed E-state index contributed by atoms with van der Waals surface area (Å²) in [4.78, 5) is 17.6. The average Bonchev–Trinajstić information content (AvgIpc) is 2.63. The zero-order valence-corrected chi connectivity index (χ0v) is 10.7. The molecule has 0 aliphatic heterocycles. The van der Waals surface area contributed by atoms with Gasteiger partial charge in [0, 0.05) is 18.5 Å². The molecule has 0 unspecified atom stereocenters. The molecule has 0 saturated heterocycles. The minimum Gasteiger partial charge on any atom is -0.300 e. The fourth-order valence-electron chi connectivity index (χ4n) is 1.51. The van der Waals surface area contributed by atoms with E-state index in [1.165, 1.54) is 11.3 Å². The number of amides is 1. The van der Waals surface area contributed by atoms with Crippen LogP contribution in [0, 0.1) is 5.92 Å². The number of aromatic nitrogens is 1. The quantitative estimate of drug-likeness (QED) is 0.456. The highest BCUT2D eigenvalue weighted by Crippen LogP contribution is 2.11. The second-order valence-corrected chi connectivity index (χ2v) is 5.07. The van der Waals surface area contributed by atoms with Crippen LogP contribution >= 0.6 is 11.3 Å². The second kappa shape index (κ2) is 5.93. The number of carbonyl (C=O) groups excluding carboxylic acids is 1. The topological polar surface area (TPSA) is 71.2 Å². The molecule has 0 saturated carbocycles. The number of rotatable bonds is 5. The molecule has 0 aliphatic carbocycles. The van der Waals surface area contributed by atoms with Crippen molar-refractivity contribution in [2.45, 2.75) is 20.4 Å². The van der Waals surface area contributed by atoms with Crippen LogP contribution in [0.2, 0.25) is 0 Å². The maximum Gasteiger partial charge on any atom is 0.294 e. The normalized spacial score (nSPS) is 11.1. The van der Waals surface area contributed by atoms with Gasteiger partial charge < -0.3 is 4.90 Å². The maximum absolute atomic E-state index is 11.2. The number of nitrogens with one attached hydrogen (secondary N) is 1. The summed E-state index contributed by atoms with van der Waals surface area (Å²) in [5.74, 6) is 5.33. The first-order valence-corrected chi connectivity index (χ1v) is 6.04. The van der Waals surface area contributed by atoms with Crippen LogP contribution in [0.25, 0.3) is 0 Å². The Balaban J connectivity index is 2.55. The summed E-state index contributed by atoms with van der Waals surface area (Å²) < 4.78 is 0. The molecule has 6 heteroatoms. The molecule has 0 spiro atoms. The summed E-state index contributed by atoms with van der Waals surface area (Å²) in [6.07, 6.45) is 0. The molecule has 3 N–H and O–H groups in total. The molecular formula is C10H18N4OS. The predicted molar refractivity (Wildman–Crippen MR) is 64.9 cm³/mol. The van der Waals surface area contributed by atoms with Crippen LogP contribution < -0.4 is 11.3 Å². The van der Waals surface area contributed by atoms with Crippen molar-refractivity contribution in [2.24, 2.45) is 11.8 Å². The summed E-state index contributed by atoms with van der Waals surface area (Å²) in [5, 5.41) is 2.30. The van der Waals surface area contributed by atoms with Crippen molar-refractivity contribution in [3.8, 4) is 0 Å². The molecule has 5 nitrogen and oxygen atoms in total. The zero-order valence-electron chi connectivity index (χ0n) is 9.86. The van der Waals surface area contributed by atoms with Gasteiger partial charge in [0.25, 0.3) is 5.91 Å². The number of hydrogen-bond acceptors (Lipinski definition) is 5. The Bertz CT molecular complexity index is 350. The monoisotopic (exact) mass is 242 g/mol. The number of nitrogens with two attached hydrogens (primary N) is 1. The molecule has 0 radical (unpaired) electrons. The van der Waals surface area contributed by atoms with Gasteiger partial charge >= 0.3 is 0 Å². The number of thiazole rings is 1. The Morgan fingerprint density at radius 1 is 1.69 bits per heavy atom. The van der Waals surface area contributed by atoms with Crippen molar-refractivity contribution in [3.05, 3.63) is 16.1 Å². The lowest BCUT2D eigenvalue weighted by atomic mass is 10.2. The van der Waals surface area contributed by atoms with E-state index in [-0.39, 0.29) is 5.91 Å². The molecule has 0 aromatic carbocycles. The van der Waals surface area contributed by atoms with Gasteiger partial charge in [-0.25, -0.2) is 10.8 Å². The van der Waals surface area contributed by atoms with E-state index in [1.54, 1.807) is 0 Å². The van der Waals surface area contributed by atoms with Crippen LogP contribution in [0.4, 0.5) is 0 Å². The molecule has 1 rings (SSSR count). The highest BCUT2D eigenvalue weighted by molar-refractivity contribution is 7.11. The third-order valence-electron chi connectivity index (χ3n) is 1.99. The van der Waals surface area contributed by atoms with Crippen LogP contribution in [0.5, 0.6) is 0 Å². The van der Waals surface area contributed by atoms with Gasteiger partial charge in [-0.1, -0.05) is 13.8 Å². The van der Waals surface area contributed by atoms with Crippen molar-refractivity contribution in [1.29, 1.82) is 0 Å². The summed E-state index contributed by atoms with van der Waals surface area (Å²) in [6.45, 7) is 6.11. The second-order valence-electron chi connectivity index (χ2n) is 4.21. The number of hydrazine groups is 1. The highest BCUT2D eigenvalue weighted by atomic mass is 32.1. The Morgan fingerprint density at radius 3 is 2.94 bits per heavy atom. The molecule has 90 valence electrons. The van der Waals surface area contributed by atoms with Crippen LogP contribution in [0.1, 0.15) is 29.3 Å². The van der Waals surface area contributed by atoms with Gasteiger partial charge in [0.05, 0.1) is 5.69 Å². The van der Waals surface area contributed by atoms with Gasteiger partial charge in [-0.3, -0.25) is 10.2 Å². The Morgan fingerprint density at radius 2 is 2.38 bits per heavy atom. The molecule has 1 amide bonds. The largest absolute Gasteiger partial charge is 0.300 e. The van der Waals surface area contributed by atoms with Crippen molar-refractivity contribution >= 4 is 17.2 Å². The standard InChI is InChI=1S/C10H18N4OS/c1-7(2)4-14(3)5-8-6-16-10(12-8)9(15)13-11/h6-7H,4-5,11H2,1-3H3,(H,13,15). The van der Waals surface area contributed by atoms with E-state index in [9.17, 15) is 4.79 Å². The van der Waals surface area contributed by atoms with E-state index in [0.717, 1.165) is 18.8 Å². The minimum absolute atomic E-state index is 0.331. The van der Waals surface area contributed by atoms with Gasteiger partial charge in [0.1, 0.15) is 0 Å². The lowest BCUT2D eigenvalue weighted by molar-refractivity contribution is 0.0953.